The molecular formula is C12H13ClO5. The van der Waals surface area contributed by atoms with E-state index >= 15 is 0 Å². The van der Waals surface area contributed by atoms with Crippen LogP contribution in [0, 0.1) is 0 Å². The topological polar surface area (TPSA) is 83.8 Å². The van der Waals surface area contributed by atoms with Gasteiger partial charge in [0.1, 0.15) is 0 Å². The number of carboxylic acid groups (broad SMARTS) is 1. The Kier molecular flexibility index (Phi) is 5.12. The summed E-state index contributed by atoms with van der Waals surface area (Å²) in [6, 6.07) is 4.41. The minimum absolute atomic E-state index is 0.142. The standard InChI is InChI=1S/C12H13ClO5/c1-18-10(14)5-3-7-6-8(2-4-9(7)13)11(15)12(16)17/h2,4,6,11,15H,3,5H2,1H3,(H,16,17). The molecule has 1 aromatic rings. The van der Waals surface area contributed by atoms with Crippen LogP contribution in [0.15, 0.2) is 18.2 Å². The number of aliphatic hydroxyl groups is 1. The monoisotopic (exact) mass is 272 g/mol. The van der Waals surface area contributed by atoms with Gasteiger partial charge in [-0.1, -0.05) is 23.7 Å². The predicted molar refractivity (Wildman–Crippen MR) is 64.4 cm³/mol. The zero-order chi connectivity index (χ0) is 13.7. The molecule has 98 valence electrons. The normalized spacial score (nSPS) is 11.9. The summed E-state index contributed by atoms with van der Waals surface area (Å²) in [7, 11) is 1.29. The highest BCUT2D eigenvalue weighted by molar-refractivity contribution is 6.31. The maximum atomic E-state index is 11.0. The first-order valence-corrected chi connectivity index (χ1v) is 5.59. The van der Waals surface area contributed by atoms with Crippen LogP contribution < -0.4 is 0 Å². The lowest BCUT2D eigenvalue weighted by Gasteiger charge is -2.09. The van der Waals surface area contributed by atoms with Gasteiger partial charge in [0, 0.05) is 11.4 Å². The van der Waals surface area contributed by atoms with E-state index in [0.717, 1.165) is 0 Å². The van der Waals surface area contributed by atoms with Crippen molar-refractivity contribution in [3.05, 3.63) is 34.3 Å². The van der Waals surface area contributed by atoms with Gasteiger partial charge >= 0.3 is 11.9 Å². The van der Waals surface area contributed by atoms with E-state index in [4.69, 9.17) is 16.7 Å². The molecule has 0 saturated heterocycles. The lowest BCUT2D eigenvalue weighted by molar-refractivity contribution is -0.147. The van der Waals surface area contributed by atoms with Crippen LogP contribution in [0.1, 0.15) is 23.7 Å². The Hall–Kier alpha value is -1.59. The van der Waals surface area contributed by atoms with E-state index in [9.17, 15) is 14.7 Å². The molecule has 6 heteroatoms. The van der Waals surface area contributed by atoms with Crippen molar-refractivity contribution in [2.75, 3.05) is 7.11 Å². The fourth-order valence-corrected chi connectivity index (χ4v) is 1.65. The van der Waals surface area contributed by atoms with Crippen LogP contribution in [-0.2, 0) is 20.7 Å². The van der Waals surface area contributed by atoms with Gasteiger partial charge in [0.2, 0.25) is 0 Å². The Morgan fingerprint density at radius 2 is 2.11 bits per heavy atom. The van der Waals surface area contributed by atoms with Gasteiger partial charge in [0.15, 0.2) is 6.10 Å². The first-order valence-electron chi connectivity index (χ1n) is 5.21. The summed E-state index contributed by atoms with van der Waals surface area (Å²) in [4.78, 5) is 21.7. The van der Waals surface area contributed by atoms with Crippen LogP contribution in [0.5, 0.6) is 0 Å². The number of ether oxygens (including phenoxy) is 1. The molecule has 0 heterocycles. The Balaban J connectivity index is 2.87. The summed E-state index contributed by atoms with van der Waals surface area (Å²) < 4.78 is 4.50. The number of methoxy groups -OCH3 is 1. The molecule has 0 aliphatic heterocycles. The SMILES string of the molecule is COC(=O)CCc1cc(C(O)C(=O)O)ccc1Cl. The summed E-state index contributed by atoms with van der Waals surface area (Å²) in [5, 5.41) is 18.5. The van der Waals surface area contributed by atoms with Crippen LogP contribution in [0.2, 0.25) is 5.02 Å². The highest BCUT2D eigenvalue weighted by Gasteiger charge is 2.17. The van der Waals surface area contributed by atoms with E-state index in [1.165, 1.54) is 25.3 Å². The number of aliphatic hydroxyl groups excluding tert-OH is 1. The van der Waals surface area contributed by atoms with Crippen molar-refractivity contribution in [3.63, 3.8) is 0 Å². The van der Waals surface area contributed by atoms with Crippen LogP contribution in [0.25, 0.3) is 0 Å². The van der Waals surface area contributed by atoms with Crippen LogP contribution in [0.3, 0.4) is 0 Å². The number of hydrogen-bond acceptors (Lipinski definition) is 4. The number of aliphatic carboxylic acids is 1. The first-order chi connectivity index (χ1) is 8.45. The van der Waals surface area contributed by atoms with Gasteiger partial charge in [-0.25, -0.2) is 4.79 Å². The number of carboxylic acids is 1. The second-order valence-corrected chi connectivity index (χ2v) is 4.07. The molecule has 0 aromatic heterocycles. The summed E-state index contributed by atoms with van der Waals surface area (Å²) in [5.41, 5.74) is 0.826. The molecule has 0 bridgehead atoms. The maximum Gasteiger partial charge on any atom is 0.337 e. The molecule has 0 fully saturated rings. The fraction of sp³-hybridized carbons (Fsp3) is 0.333. The number of esters is 1. The highest BCUT2D eigenvalue weighted by atomic mass is 35.5. The Morgan fingerprint density at radius 3 is 2.67 bits per heavy atom. The zero-order valence-corrected chi connectivity index (χ0v) is 10.5. The molecule has 1 unspecified atom stereocenters. The molecule has 0 radical (unpaired) electrons. The molecular weight excluding hydrogens is 260 g/mol. The smallest absolute Gasteiger partial charge is 0.337 e. The second kappa shape index (κ2) is 6.37. The van der Waals surface area contributed by atoms with E-state index < -0.39 is 12.1 Å². The lowest BCUT2D eigenvalue weighted by Crippen LogP contribution is -2.11. The number of aryl methyl sites for hydroxylation is 1. The van der Waals surface area contributed by atoms with Crippen molar-refractivity contribution in [2.24, 2.45) is 0 Å². The number of halogens is 1. The van der Waals surface area contributed by atoms with Gasteiger partial charge in [-0.3, -0.25) is 4.79 Å². The van der Waals surface area contributed by atoms with Crippen molar-refractivity contribution in [2.45, 2.75) is 18.9 Å². The Labute approximate surface area is 109 Å². The van der Waals surface area contributed by atoms with Gasteiger partial charge in [-0.15, -0.1) is 0 Å². The second-order valence-electron chi connectivity index (χ2n) is 3.67. The molecule has 0 aliphatic rings. The molecule has 5 nitrogen and oxygen atoms in total. The fourth-order valence-electron chi connectivity index (χ4n) is 1.44. The summed E-state index contributed by atoms with van der Waals surface area (Å²) >= 11 is 5.93. The van der Waals surface area contributed by atoms with E-state index in [-0.39, 0.29) is 18.0 Å². The van der Waals surface area contributed by atoms with E-state index in [2.05, 4.69) is 4.74 Å². The summed E-state index contributed by atoms with van der Waals surface area (Å²) in [5.74, 6) is -1.72. The van der Waals surface area contributed by atoms with Crippen molar-refractivity contribution < 1.29 is 24.5 Å². The first kappa shape index (κ1) is 14.5. The average molecular weight is 273 g/mol. The van der Waals surface area contributed by atoms with Gasteiger partial charge in [-0.2, -0.15) is 0 Å². The largest absolute Gasteiger partial charge is 0.479 e. The van der Waals surface area contributed by atoms with E-state index in [1.54, 1.807) is 0 Å². The maximum absolute atomic E-state index is 11.0. The van der Waals surface area contributed by atoms with Crippen LogP contribution in [-0.4, -0.2) is 29.3 Å². The molecule has 1 atom stereocenters. The predicted octanol–water partition coefficient (Wildman–Crippen LogP) is 1.56. The van der Waals surface area contributed by atoms with Crippen LogP contribution >= 0.6 is 11.6 Å². The highest BCUT2D eigenvalue weighted by Crippen LogP contribution is 2.23. The number of carbonyl (C=O) groups is 2. The van der Waals surface area contributed by atoms with Crippen molar-refractivity contribution in [3.8, 4) is 0 Å². The molecule has 0 aliphatic carbocycles. The van der Waals surface area contributed by atoms with Gasteiger partial charge in [-0.05, 0) is 23.6 Å². The molecule has 2 N–H and O–H groups in total. The van der Waals surface area contributed by atoms with Gasteiger partial charge in [0.25, 0.3) is 0 Å². The third-order valence-corrected chi connectivity index (χ3v) is 2.81. The van der Waals surface area contributed by atoms with Crippen molar-refractivity contribution in [1.29, 1.82) is 0 Å². The minimum Gasteiger partial charge on any atom is -0.479 e. The third-order valence-electron chi connectivity index (χ3n) is 2.45. The van der Waals surface area contributed by atoms with Gasteiger partial charge in [0.05, 0.1) is 7.11 Å². The zero-order valence-electron chi connectivity index (χ0n) is 9.72. The molecule has 0 amide bonds. The number of rotatable bonds is 5. The quantitative estimate of drug-likeness (QED) is 0.795. The summed E-state index contributed by atoms with van der Waals surface area (Å²) in [6.45, 7) is 0. The van der Waals surface area contributed by atoms with E-state index in [1.807, 2.05) is 0 Å². The average Bonchev–Trinajstić information content (AvgIpc) is 2.36. The van der Waals surface area contributed by atoms with Gasteiger partial charge < -0.3 is 14.9 Å². The summed E-state index contributed by atoms with van der Waals surface area (Å²) in [6.07, 6.45) is -1.13. The molecule has 1 rings (SSSR count). The Morgan fingerprint density at radius 1 is 1.44 bits per heavy atom. The number of carbonyl (C=O) groups excluding carboxylic acids is 1. The Bertz CT molecular complexity index is 458. The van der Waals surface area contributed by atoms with Crippen molar-refractivity contribution >= 4 is 23.5 Å². The molecule has 1 aromatic carbocycles. The number of benzene rings is 1. The lowest BCUT2D eigenvalue weighted by atomic mass is 10.0. The molecule has 18 heavy (non-hydrogen) atoms. The van der Waals surface area contributed by atoms with E-state index in [0.29, 0.717) is 17.0 Å². The molecule has 0 saturated carbocycles. The number of hydrogen-bond donors (Lipinski definition) is 2. The molecule has 0 spiro atoms. The van der Waals surface area contributed by atoms with Crippen LogP contribution in [0.4, 0.5) is 0 Å². The van der Waals surface area contributed by atoms with Crippen molar-refractivity contribution in [1.82, 2.24) is 0 Å². The third kappa shape index (κ3) is 3.72. The minimum atomic E-state index is -1.60.